The lowest BCUT2D eigenvalue weighted by molar-refractivity contribution is 0.0606. The molecular weight excluding hydrogens is 282 g/mol. The molecule has 0 radical (unpaired) electrons. The Labute approximate surface area is 101 Å². The van der Waals surface area contributed by atoms with Gasteiger partial charge in [0.1, 0.15) is 9.88 Å². The molecule has 0 bridgehead atoms. The summed E-state index contributed by atoms with van der Waals surface area (Å²) < 4.78 is 9.57. The van der Waals surface area contributed by atoms with Crippen LogP contribution in [0, 0.1) is 0 Å². The molecule has 0 aliphatic carbocycles. The predicted molar refractivity (Wildman–Crippen MR) is 61.6 cm³/mol. The molecule has 0 saturated heterocycles. The molecule has 0 aliphatic heterocycles. The lowest BCUT2D eigenvalue weighted by Gasteiger charge is -2.04. The van der Waals surface area contributed by atoms with Gasteiger partial charge in [-0.05, 0) is 6.42 Å². The smallest absolute Gasteiger partial charge is 0.349 e. The molecule has 0 spiro atoms. The van der Waals surface area contributed by atoms with Gasteiger partial charge < -0.3 is 9.47 Å². The first kappa shape index (κ1) is 12.6. The predicted octanol–water partition coefficient (Wildman–Crippen LogP) is 2.40. The van der Waals surface area contributed by atoms with E-state index in [1.165, 1.54) is 24.6 Å². The SMILES string of the molecule is COCCC(Br)c1ncc(C(=O)OC)s1. The standard InChI is InChI=1S/C9H12BrNO3S/c1-13-4-3-6(10)8-11-5-7(15-8)9(12)14-2/h5-6H,3-4H2,1-2H3. The average Bonchev–Trinajstić information content (AvgIpc) is 2.74. The Balaban J connectivity index is 2.62. The minimum atomic E-state index is -0.342. The number of methoxy groups -OCH3 is 2. The topological polar surface area (TPSA) is 48.4 Å². The summed E-state index contributed by atoms with van der Waals surface area (Å²) in [6, 6.07) is 0. The third-order valence-corrected chi connectivity index (χ3v) is 4.04. The quantitative estimate of drug-likeness (QED) is 0.618. The number of thiazole rings is 1. The van der Waals surface area contributed by atoms with E-state index in [0.717, 1.165) is 11.4 Å². The van der Waals surface area contributed by atoms with Crippen molar-refractivity contribution >= 4 is 33.2 Å². The van der Waals surface area contributed by atoms with Crippen LogP contribution in [0.4, 0.5) is 0 Å². The van der Waals surface area contributed by atoms with Crippen LogP contribution in [0.3, 0.4) is 0 Å². The Hall–Kier alpha value is -0.460. The molecule has 84 valence electrons. The van der Waals surface area contributed by atoms with E-state index in [9.17, 15) is 4.79 Å². The summed E-state index contributed by atoms with van der Waals surface area (Å²) in [5.74, 6) is -0.342. The van der Waals surface area contributed by atoms with E-state index in [4.69, 9.17) is 4.74 Å². The molecule has 1 heterocycles. The minimum Gasteiger partial charge on any atom is -0.465 e. The van der Waals surface area contributed by atoms with E-state index < -0.39 is 0 Å². The maximum Gasteiger partial charge on any atom is 0.349 e. The molecule has 1 unspecified atom stereocenters. The molecule has 0 aromatic carbocycles. The first-order chi connectivity index (χ1) is 7.19. The van der Waals surface area contributed by atoms with Crippen LogP contribution < -0.4 is 0 Å². The highest BCUT2D eigenvalue weighted by atomic mass is 79.9. The van der Waals surface area contributed by atoms with Crippen molar-refractivity contribution in [3.8, 4) is 0 Å². The summed E-state index contributed by atoms with van der Waals surface area (Å²) in [6.45, 7) is 0.656. The molecule has 1 atom stereocenters. The molecule has 1 aromatic heterocycles. The normalized spacial score (nSPS) is 12.5. The molecule has 0 saturated carbocycles. The van der Waals surface area contributed by atoms with Crippen molar-refractivity contribution in [2.24, 2.45) is 0 Å². The number of hydrogen-bond donors (Lipinski definition) is 0. The second-order valence-electron chi connectivity index (χ2n) is 2.80. The summed E-state index contributed by atoms with van der Waals surface area (Å²) in [5, 5.41) is 0.868. The number of nitrogens with zero attached hydrogens (tertiary/aromatic N) is 1. The second-order valence-corrected chi connectivity index (χ2v) is 4.97. The first-order valence-corrected chi connectivity index (χ1v) is 6.09. The van der Waals surface area contributed by atoms with Crippen LogP contribution in [-0.2, 0) is 9.47 Å². The van der Waals surface area contributed by atoms with Gasteiger partial charge in [-0.1, -0.05) is 15.9 Å². The van der Waals surface area contributed by atoms with Crippen LogP contribution in [0.2, 0.25) is 0 Å². The summed E-state index contributed by atoms with van der Waals surface area (Å²) in [7, 11) is 3.01. The van der Waals surface area contributed by atoms with Gasteiger partial charge in [0.2, 0.25) is 0 Å². The Bertz CT molecular complexity index is 329. The van der Waals surface area contributed by atoms with Crippen LogP contribution in [0.15, 0.2) is 6.20 Å². The van der Waals surface area contributed by atoms with Gasteiger partial charge >= 0.3 is 5.97 Å². The maximum atomic E-state index is 11.2. The lowest BCUT2D eigenvalue weighted by atomic mass is 10.3. The molecule has 0 amide bonds. The Kier molecular flexibility index (Phi) is 5.21. The second kappa shape index (κ2) is 6.19. The summed E-state index contributed by atoms with van der Waals surface area (Å²) >= 11 is 4.82. The van der Waals surface area contributed by atoms with Crippen molar-refractivity contribution in [2.45, 2.75) is 11.2 Å². The number of rotatable bonds is 5. The molecule has 1 rings (SSSR count). The Morgan fingerprint density at radius 2 is 2.40 bits per heavy atom. The monoisotopic (exact) mass is 293 g/mol. The number of carbonyl (C=O) groups excluding carboxylic acids is 1. The van der Waals surface area contributed by atoms with Gasteiger partial charge in [0.15, 0.2) is 0 Å². The zero-order valence-electron chi connectivity index (χ0n) is 8.53. The zero-order valence-corrected chi connectivity index (χ0v) is 10.9. The first-order valence-electron chi connectivity index (χ1n) is 4.36. The van der Waals surface area contributed by atoms with Gasteiger partial charge in [-0.15, -0.1) is 11.3 Å². The third-order valence-electron chi connectivity index (χ3n) is 1.75. The third kappa shape index (κ3) is 3.55. The number of carbonyl (C=O) groups is 1. The van der Waals surface area contributed by atoms with E-state index in [-0.39, 0.29) is 10.8 Å². The van der Waals surface area contributed by atoms with Crippen molar-refractivity contribution in [1.82, 2.24) is 4.98 Å². The average molecular weight is 294 g/mol. The van der Waals surface area contributed by atoms with Crippen LogP contribution in [0.5, 0.6) is 0 Å². The fraction of sp³-hybridized carbons (Fsp3) is 0.556. The highest BCUT2D eigenvalue weighted by Crippen LogP contribution is 2.30. The Morgan fingerprint density at radius 1 is 1.67 bits per heavy atom. The largest absolute Gasteiger partial charge is 0.465 e. The number of ether oxygens (including phenoxy) is 2. The fourth-order valence-corrected chi connectivity index (χ4v) is 2.41. The van der Waals surface area contributed by atoms with Crippen LogP contribution in [0.25, 0.3) is 0 Å². The number of aromatic nitrogens is 1. The van der Waals surface area contributed by atoms with E-state index in [0.29, 0.717) is 11.5 Å². The number of esters is 1. The summed E-state index contributed by atoms with van der Waals surface area (Å²) in [5.41, 5.74) is 0. The van der Waals surface area contributed by atoms with E-state index >= 15 is 0 Å². The van der Waals surface area contributed by atoms with Crippen molar-refractivity contribution in [1.29, 1.82) is 0 Å². The van der Waals surface area contributed by atoms with E-state index in [2.05, 4.69) is 25.7 Å². The van der Waals surface area contributed by atoms with Gasteiger partial charge in [0, 0.05) is 13.7 Å². The molecular formula is C9H12BrNO3S. The molecule has 4 nitrogen and oxygen atoms in total. The van der Waals surface area contributed by atoms with Crippen molar-refractivity contribution in [3.05, 3.63) is 16.1 Å². The minimum absolute atomic E-state index is 0.126. The molecule has 0 N–H and O–H groups in total. The molecule has 0 fully saturated rings. The fourth-order valence-electron chi connectivity index (χ4n) is 0.972. The molecule has 0 aliphatic rings. The van der Waals surface area contributed by atoms with Crippen LogP contribution in [0.1, 0.15) is 25.9 Å². The maximum absolute atomic E-state index is 11.2. The van der Waals surface area contributed by atoms with Gasteiger partial charge in [-0.2, -0.15) is 0 Å². The number of hydrogen-bond acceptors (Lipinski definition) is 5. The summed E-state index contributed by atoms with van der Waals surface area (Å²) in [4.78, 5) is 16.0. The molecule has 1 aromatic rings. The van der Waals surface area contributed by atoms with Gasteiger partial charge in [-0.25, -0.2) is 9.78 Å². The molecule has 6 heteroatoms. The van der Waals surface area contributed by atoms with E-state index in [1.54, 1.807) is 7.11 Å². The number of alkyl halides is 1. The Morgan fingerprint density at radius 3 is 3.00 bits per heavy atom. The van der Waals surface area contributed by atoms with Crippen molar-refractivity contribution < 1.29 is 14.3 Å². The molecule has 15 heavy (non-hydrogen) atoms. The summed E-state index contributed by atoms with van der Waals surface area (Å²) in [6.07, 6.45) is 2.36. The van der Waals surface area contributed by atoms with Crippen molar-refractivity contribution in [3.63, 3.8) is 0 Å². The lowest BCUT2D eigenvalue weighted by Crippen LogP contribution is -1.97. The van der Waals surface area contributed by atoms with Crippen LogP contribution >= 0.6 is 27.3 Å². The van der Waals surface area contributed by atoms with E-state index in [1.807, 2.05) is 0 Å². The number of halogens is 1. The van der Waals surface area contributed by atoms with Gasteiger partial charge in [-0.3, -0.25) is 0 Å². The van der Waals surface area contributed by atoms with Gasteiger partial charge in [0.25, 0.3) is 0 Å². The highest BCUT2D eigenvalue weighted by Gasteiger charge is 2.15. The van der Waals surface area contributed by atoms with Gasteiger partial charge in [0.05, 0.1) is 18.1 Å². The van der Waals surface area contributed by atoms with Crippen molar-refractivity contribution in [2.75, 3.05) is 20.8 Å². The zero-order chi connectivity index (χ0) is 11.3. The highest BCUT2D eigenvalue weighted by molar-refractivity contribution is 9.09. The van der Waals surface area contributed by atoms with Crippen LogP contribution in [-0.4, -0.2) is 31.8 Å².